The molecule has 0 bridgehead atoms. The van der Waals surface area contributed by atoms with Crippen molar-refractivity contribution >= 4 is 5.96 Å². The Kier molecular flexibility index (Phi) is 3.09. The highest BCUT2D eigenvalue weighted by atomic mass is 15.1. The van der Waals surface area contributed by atoms with E-state index in [0.29, 0.717) is 12.0 Å². The van der Waals surface area contributed by atoms with Gasteiger partial charge >= 0.3 is 0 Å². The number of aliphatic imine (C=N–C) groups is 1. The zero-order chi connectivity index (χ0) is 12.5. The molecule has 17 heavy (non-hydrogen) atoms. The van der Waals surface area contributed by atoms with Gasteiger partial charge in [0.25, 0.3) is 0 Å². The molecule has 0 aliphatic heterocycles. The predicted octanol–water partition coefficient (Wildman–Crippen LogP) is 1.86. The summed E-state index contributed by atoms with van der Waals surface area (Å²) in [6.07, 6.45) is 2.01. The molecule has 0 amide bonds. The molecule has 1 aromatic carbocycles. The highest BCUT2D eigenvalue weighted by Crippen LogP contribution is 2.23. The highest BCUT2D eigenvalue weighted by molar-refractivity contribution is 5.78. The van der Waals surface area contributed by atoms with Gasteiger partial charge in [0.15, 0.2) is 5.96 Å². The fourth-order valence-electron chi connectivity index (χ4n) is 2.24. The van der Waals surface area contributed by atoms with Gasteiger partial charge in [0, 0.05) is 5.54 Å². The third-order valence-corrected chi connectivity index (χ3v) is 2.85. The molecule has 3 heteroatoms. The van der Waals surface area contributed by atoms with Crippen molar-refractivity contribution in [3.63, 3.8) is 0 Å². The largest absolute Gasteiger partial charge is 0.370 e. The minimum atomic E-state index is -0.0287. The van der Waals surface area contributed by atoms with Crippen molar-refractivity contribution in [1.82, 2.24) is 5.32 Å². The molecule has 0 fully saturated rings. The van der Waals surface area contributed by atoms with E-state index in [9.17, 15) is 0 Å². The molecule has 0 radical (unpaired) electrons. The predicted molar refractivity (Wildman–Crippen MR) is 72.1 cm³/mol. The van der Waals surface area contributed by atoms with Crippen molar-refractivity contribution < 1.29 is 0 Å². The molecular weight excluding hydrogens is 210 g/mol. The normalized spacial score (nSPS) is 17.0. The monoisotopic (exact) mass is 231 g/mol. The average molecular weight is 231 g/mol. The summed E-state index contributed by atoms with van der Waals surface area (Å²) in [6, 6.07) is 8.82. The Balaban J connectivity index is 2.02. The summed E-state index contributed by atoms with van der Waals surface area (Å²) >= 11 is 0. The molecule has 0 heterocycles. The molecule has 2 rings (SSSR count). The Labute approximate surface area is 103 Å². The molecular formula is C14H21N3. The second-order valence-electron chi connectivity index (χ2n) is 5.72. The SMILES string of the molecule is CC(C)(C)NC(N)=NC1Cc2ccccc2C1. The number of benzene rings is 1. The smallest absolute Gasteiger partial charge is 0.189 e. The molecule has 0 aromatic heterocycles. The number of nitrogens with one attached hydrogen (secondary N) is 1. The van der Waals surface area contributed by atoms with Gasteiger partial charge < -0.3 is 11.1 Å². The lowest BCUT2D eigenvalue weighted by Gasteiger charge is -2.21. The molecule has 0 atom stereocenters. The van der Waals surface area contributed by atoms with E-state index >= 15 is 0 Å². The van der Waals surface area contributed by atoms with Crippen molar-refractivity contribution in [3.8, 4) is 0 Å². The molecule has 1 aliphatic rings. The first-order chi connectivity index (χ1) is 7.94. The third kappa shape index (κ3) is 3.22. The summed E-state index contributed by atoms with van der Waals surface area (Å²) in [5, 5.41) is 3.20. The Bertz CT molecular complexity index is 404. The van der Waals surface area contributed by atoms with Crippen molar-refractivity contribution in [2.24, 2.45) is 10.7 Å². The average Bonchev–Trinajstić information content (AvgIpc) is 2.55. The summed E-state index contributed by atoms with van der Waals surface area (Å²) < 4.78 is 0. The first-order valence-electron chi connectivity index (χ1n) is 6.12. The summed E-state index contributed by atoms with van der Waals surface area (Å²) in [5.74, 6) is 0.551. The van der Waals surface area contributed by atoms with Crippen molar-refractivity contribution in [2.75, 3.05) is 0 Å². The number of fused-ring (bicyclic) bond motifs is 1. The zero-order valence-corrected chi connectivity index (χ0v) is 10.8. The van der Waals surface area contributed by atoms with Gasteiger partial charge in [0.1, 0.15) is 0 Å². The lowest BCUT2D eigenvalue weighted by atomic mass is 10.1. The minimum absolute atomic E-state index is 0.0287. The quantitative estimate of drug-likeness (QED) is 0.572. The minimum Gasteiger partial charge on any atom is -0.370 e. The van der Waals surface area contributed by atoms with Crippen LogP contribution >= 0.6 is 0 Å². The second kappa shape index (κ2) is 4.40. The Morgan fingerprint density at radius 3 is 2.24 bits per heavy atom. The zero-order valence-electron chi connectivity index (χ0n) is 10.8. The maximum Gasteiger partial charge on any atom is 0.189 e. The summed E-state index contributed by atoms with van der Waals surface area (Å²) in [4.78, 5) is 4.56. The Morgan fingerprint density at radius 2 is 1.76 bits per heavy atom. The van der Waals surface area contributed by atoms with E-state index in [-0.39, 0.29) is 5.54 Å². The molecule has 0 spiro atoms. The van der Waals surface area contributed by atoms with Gasteiger partial charge in [-0.15, -0.1) is 0 Å². The van der Waals surface area contributed by atoms with Crippen LogP contribution < -0.4 is 11.1 Å². The van der Waals surface area contributed by atoms with Crippen molar-refractivity contribution in [2.45, 2.75) is 45.2 Å². The number of nitrogens with zero attached hydrogens (tertiary/aromatic N) is 1. The van der Waals surface area contributed by atoms with Gasteiger partial charge in [-0.25, -0.2) is 4.99 Å². The van der Waals surface area contributed by atoms with Crippen LogP contribution in [0.1, 0.15) is 31.9 Å². The van der Waals surface area contributed by atoms with Crippen LogP contribution in [0.4, 0.5) is 0 Å². The van der Waals surface area contributed by atoms with Crippen LogP contribution in [-0.2, 0) is 12.8 Å². The van der Waals surface area contributed by atoms with Gasteiger partial charge in [-0.05, 0) is 44.7 Å². The number of nitrogens with two attached hydrogens (primary N) is 1. The van der Waals surface area contributed by atoms with Gasteiger partial charge in [0.05, 0.1) is 6.04 Å². The maximum atomic E-state index is 5.91. The topological polar surface area (TPSA) is 50.4 Å². The maximum absolute atomic E-state index is 5.91. The summed E-state index contributed by atoms with van der Waals surface area (Å²) in [7, 11) is 0. The van der Waals surface area contributed by atoms with E-state index in [1.165, 1.54) is 11.1 Å². The molecule has 1 aliphatic carbocycles. The van der Waals surface area contributed by atoms with E-state index in [2.05, 4.69) is 55.3 Å². The van der Waals surface area contributed by atoms with E-state index in [0.717, 1.165) is 12.8 Å². The van der Waals surface area contributed by atoms with Crippen LogP contribution in [0.3, 0.4) is 0 Å². The summed E-state index contributed by atoms with van der Waals surface area (Å²) in [5.41, 5.74) is 8.70. The highest BCUT2D eigenvalue weighted by Gasteiger charge is 2.21. The van der Waals surface area contributed by atoms with E-state index in [1.807, 2.05) is 0 Å². The van der Waals surface area contributed by atoms with Gasteiger partial charge in [-0.1, -0.05) is 24.3 Å². The third-order valence-electron chi connectivity index (χ3n) is 2.85. The molecule has 0 saturated heterocycles. The van der Waals surface area contributed by atoms with E-state index in [4.69, 9.17) is 5.73 Å². The van der Waals surface area contributed by atoms with E-state index < -0.39 is 0 Å². The van der Waals surface area contributed by atoms with Crippen LogP contribution in [-0.4, -0.2) is 17.5 Å². The molecule has 1 aromatic rings. The number of rotatable bonds is 1. The molecule has 0 unspecified atom stereocenters. The van der Waals surface area contributed by atoms with Crippen LogP contribution in [0.5, 0.6) is 0 Å². The summed E-state index contributed by atoms with van der Waals surface area (Å²) in [6.45, 7) is 6.25. The van der Waals surface area contributed by atoms with Gasteiger partial charge in [-0.2, -0.15) is 0 Å². The standard InChI is InChI=1S/C14H21N3/c1-14(2,3)17-13(15)16-12-8-10-6-4-5-7-11(10)9-12/h4-7,12H,8-9H2,1-3H3,(H3,15,16,17). The van der Waals surface area contributed by atoms with Crippen molar-refractivity contribution in [1.29, 1.82) is 0 Å². The Morgan fingerprint density at radius 1 is 1.24 bits per heavy atom. The fraction of sp³-hybridized carbons (Fsp3) is 0.500. The molecule has 3 nitrogen and oxygen atoms in total. The molecule has 92 valence electrons. The fourth-order valence-corrected chi connectivity index (χ4v) is 2.24. The lowest BCUT2D eigenvalue weighted by molar-refractivity contribution is 0.506. The first-order valence-corrected chi connectivity index (χ1v) is 6.12. The van der Waals surface area contributed by atoms with Crippen molar-refractivity contribution in [3.05, 3.63) is 35.4 Å². The van der Waals surface area contributed by atoms with Crippen LogP contribution in [0, 0.1) is 0 Å². The van der Waals surface area contributed by atoms with Crippen LogP contribution in [0.15, 0.2) is 29.3 Å². The van der Waals surface area contributed by atoms with Crippen LogP contribution in [0.2, 0.25) is 0 Å². The number of guanidine groups is 1. The number of hydrogen-bond donors (Lipinski definition) is 2. The Hall–Kier alpha value is -1.51. The van der Waals surface area contributed by atoms with Crippen LogP contribution in [0.25, 0.3) is 0 Å². The second-order valence-corrected chi connectivity index (χ2v) is 5.72. The van der Waals surface area contributed by atoms with Gasteiger partial charge in [0.2, 0.25) is 0 Å². The number of hydrogen-bond acceptors (Lipinski definition) is 1. The molecule has 3 N–H and O–H groups in total. The van der Waals surface area contributed by atoms with Gasteiger partial charge in [-0.3, -0.25) is 0 Å². The van der Waals surface area contributed by atoms with E-state index in [1.54, 1.807) is 0 Å². The molecule has 0 saturated carbocycles. The lowest BCUT2D eigenvalue weighted by Crippen LogP contribution is -2.45. The first kappa shape index (κ1) is 12.0.